The van der Waals surface area contributed by atoms with Gasteiger partial charge in [-0.05, 0) is 53.8 Å². The van der Waals surface area contributed by atoms with E-state index in [2.05, 4.69) is 21.2 Å². The first-order chi connectivity index (χ1) is 18.5. The molecule has 1 aliphatic carbocycles. The van der Waals surface area contributed by atoms with E-state index in [4.69, 9.17) is 0 Å². The number of thioether (sulfide) groups is 1. The molecule has 1 fully saturated rings. The number of amides is 2. The van der Waals surface area contributed by atoms with E-state index in [0.717, 1.165) is 46.8 Å². The lowest BCUT2D eigenvalue weighted by Gasteiger charge is -2.33. The minimum absolute atomic E-state index is 0.0863. The average molecular weight is 598 g/mol. The molecule has 0 heterocycles. The summed E-state index contributed by atoms with van der Waals surface area (Å²) in [7, 11) is 0. The Hall–Kier alpha value is -2.64. The van der Waals surface area contributed by atoms with Gasteiger partial charge in [0.25, 0.3) is 0 Å². The van der Waals surface area contributed by atoms with Gasteiger partial charge in [0.05, 0.1) is 5.75 Å². The SMILES string of the molecule is O=C(NC1CCCCC1)C(Cc1ccccc1)N(Cc1cccc(Br)c1)C(=O)CSCc1ccc(F)cc1. The molecule has 3 aromatic rings. The highest BCUT2D eigenvalue weighted by atomic mass is 79.9. The Morgan fingerprint density at radius 1 is 0.921 bits per heavy atom. The summed E-state index contributed by atoms with van der Waals surface area (Å²) < 4.78 is 14.2. The molecular formula is C31H34BrFN2O2S. The zero-order valence-electron chi connectivity index (χ0n) is 21.5. The van der Waals surface area contributed by atoms with E-state index in [9.17, 15) is 14.0 Å². The Balaban J connectivity index is 1.56. The number of nitrogens with one attached hydrogen (secondary N) is 1. The summed E-state index contributed by atoms with van der Waals surface area (Å²) in [5.41, 5.74) is 2.93. The standard InChI is InChI=1S/C31H34BrFN2O2S/c32-26-11-7-10-25(18-26)20-35(30(36)22-38-21-24-14-16-27(33)17-15-24)29(19-23-8-3-1-4-9-23)31(37)34-28-12-5-2-6-13-28/h1,3-4,7-11,14-18,28-29H,2,5-6,12-13,19-22H2,(H,34,37). The molecule has 1 aliphatic rings. The first kappa shape index (κ1) is 28.4. The van der Waals surface area contributed by atoms with Crippen molar-refractivity contribution in [2.45, 2.75) is 62.9 Å². The summed E-state index contributed by atoms with van der Waals surface area (Å²) in [6.07, 6.45) is 5.86. The Labute approximate surface area is 237 Å². The highest BCUT2D eigenvalue weighted by Gasteiger charge is 2.31. The normalized spacial score (nSPS) is 14.6. The highest BCUT2D eigenvalue weighted by Crippen LogP contribution is 2.22. The summed E-state index contributed by atoms with van der Waals surface area (Å²) >= 11 is 5.01. The van der Waals surface area contributed by atoms with Gasteiger partial charge in [-0.15, -0.1) is 11.8 Å². The van der Waals surface area contributed by atoms with Crippen LogP contribution in [0.3, 0.4) is 0 Å². The number of benzene rings is 3. The lowest BCUT2D eigenvalue weighted by molar-refractivity contribution is -0.139. The average Bonchev–Trinajstić information content (AvgIpc) is 2.93. The smallest absolute Gasteiger partial charge is 0.243 e. The van der Waals surface area contributed by atoms with E-state index in [1.54, 1.807) is 17.0 Å². The van der Waals surface area contributed by atoms with Gasteiger partial charge in [0.2, 0.25) is 11.8 Å². The first-order valence-corrected chi connectivity index (χ1v) is 15.1. The van der Waals surface area contributed by atoms with E-state index in [0.29, 0.717) is 18.7 Å². The molecule has 0 bridgehead atoms. The number of carbonyl (C=O) groups excluding carboxylic acids is 2. The molecule has 2 amide bonds. The number of carbonyl (C=O) groups is 2. The molecule has 0 radical (unpaired) electrons. The van der Waals surface area contributed by atoms with Crippen molar-refractivity contribution >= 4 is 39.5 Å². The number of nitrogens with zero attached hydrogens (tertiary/aromatic N) is 1. The molecule has 1 saturated carbocycles. The molecule has 0 aliphatic heterocycles. The summed E-state index contributed by atoms with van der Waals surface area (Å²) in [5, 5.41) is 3.27. The maximum Gasteiger partial charge on any atom is 0.243 e. The van der Waals surface area contributed by atoms with Gasteiger partial charge in [0.15, 0.2) is 0 Å². The van der Waals surface area contributed by atoms with Gasteiger partial charge in [-0.3, -0.25) is 9.59 Å². The Kier molecular flexibility index (Phi) is 10.8. The molecule has 38 heavy (non-hydrogen) atoms. The fraction of sp³-hybridized carbons (Fsp3) is 0.355. The fourth-order valence-electron chi connectivity index (χ4n) is 4.85. The largest absolute Gasteiger partial charge is 0.352 e. The zero-order valence-corrected chi connectivity index (χ0v) is 23.9. The molecule has 4 nitrogen and oxygen atoms in total. The van der Waals surface area contributed by atoms with E-state index in [-0.39, 0.29) is 29.4 Å². The van der Waals surface area contributed by atoms with Gasteiger partial charge >= 0.3 is 0 Å². The van der Waals surface area contributed by atoms with Crippen LogP contribution in [0.1, 0.15) is 48.8 Å². The molecule has 4 rings (SSSR count). The summed E-state index contributed by atoms with van der Waals surface area (Å²) in [4.78, 5) is 29.3. The predicted molar refractivity (Wildman–Crippen MR) is 156 cm³/mol. The van der Waals surface area contributed by atoms with E-state index >= 15 is 0 Å². The van der Waals surface area contributed by atoms with Crippen molar-refractivity contribution in [3.05, 3.63) is 106 Å². The predicted octanol–water partition coefficient (Wildman–Crippen LogP) is 6.91. The minimum atomic E-state index is -0.628. The van der Waals surface area contributed by atoms with Crippen molar-refractivity contribution < 1.29 is 14.0 Å². The summed E-state index contributed by atoms with van der Waals surface area (Å²) in [5.74, 6) is 0.370. The summed E-state index contributed by atoms with van der Waals surface area (Å²) in [6.45, 7) is 0.338. The van der Waals surface area contributed by atoms with Crippen LogP contribution in [-0.2, 0) is 28.3 Å². The van der Waals surface area contributed by atoms with E-state index in [1.165, 1.54) is 30.3 Å². The van der Waals surface area contributed by atoms with Gasteiger partial charge in [-0.2, -0.15) is 0 Å². The van der Waals surface area contributed by atoms with Crippen molar-refractivity contribution in [2.24, 2.45) is 0 Å². The molecule has 3 aromatic carbocycles. The monoisotopic (exact) mass is 596 g/mol. The molecule has 1 atom stereocenters. The van der Waals surface area contributed by atoms with Crippen LogP contribution in [0.15, 0.2) is 83.3 Å². The third-order valence-electron chi connectivity index (χ3n) is 6.87. The van der Waals surface area contributed by atoms with Crippen molar-refractivity contribution in [2.75, 3.05) is 5.75 Å². The molecule has 200 valence electrons. The molecule has 1 unspecified atom stereocenters. The third kappa shape index (κ3) is 8.70. The first-order valence-electron chi connectivity index (χ1n) is 13.2. The van der Waals surface area contributed by atoms with Crippen LogP contribution in [0.5, 0.6) is 0 Å². The topological polar surface area (TPSA) is 49.4 Å². The van der Waals surface area contributed by atoms with Gasteiger partial charge < -0.3 is 10.2 Å². The van der Waals surface area contributed by atoms with Gasteiger partial charge in [0, 0.05) is 29.2 Å². The Bertz CT molecular complexity index is 1190. The molecule has 7 heteroatoms. The van der Waals surface area contributed by atoms with Crippen molar-refractivity contribution in [3.8, 4) is 0 Å². The molecule has 0 spiro atoms. The van der Waals surface area contributed by atoms with Crippen molar-refractivity contribution in [3.63, 3.8) is 0 Å². The fourth-order valence-corrected chi connectivity index (χ4v) is 6.17. The van der Waals surface area contributed by atoms with Crippen LogP contribution in [0.25, 0.3) is 0 Å². The molecule has 0 saturated heterocycles. The zero-order chi connectivity index (χ0) is 26.7. The second-order valence-electron chi connectivity index (χ2n) is 9.82. The van der Waals surface area contributed by atoms with Crippen LogP contribution in [0.2, 0.25) is 0 Å². The quantitative estimate of drug-likeness (QED) is 0.261. The number of hydrogen-bond donors (Lipinski definition) is 1. The van der Waals surface area contributed by atoms with Gasteiger partial charge in [-0.25, -0.2) is 4.39 Å². The van der Waals surface area contributed by atoms with Gasteiger partial charge in [-0.1, -0.05) is 89.8 Å². The lowest BCUT2D eigenvalue weighted by atomic mass is 9.94. The van der Waals surface area contributed by atoms with Crippen LogP contribution < -0.4 is 5.32 Å². The second-order valence-corrected chi connectivity index (χ2v) is 11.7. The molecule has 1 N–H and O–H groups in total. The second kappa shape index (κ2) is 14.5. The number of hydrogen-bond acceptors (Lipinski definition) is 3. The maximum absolute atomic E-state index is 13.8. The van der Waals surface area contributed by atoms with Crippen LogP contribution in [-0.4, -0.2) is 34.6 Å². The van der Waals surface area contributed by atoms with Gasteiger partial charge in [0.1, 0.15) is 11.9 Å². The van der Waals surface area contributed by atoms with Crippen molar-refractivity contribution in [1.29, 1.82) is 0 Å². The minimum Gasteiger partial charge on any atom is -0.352 e. The van der Waals surface area contributed by atoms with Crippen molar-refractivity contribution in [1.82, 2.24) is 10.2 Å². The number of rotatable bonds is 11. The Morgan fingerprint density at radius 2 is 1.63 bits per heavy atom. The molecule has 0 aromatic heterocycles. The van der Waals surface area contributed by atoms with E-state index < -0.39 is 6.04 Å². The maximum atomic E-state index is 13.8. The highest BCUT2D eigenvalue weighted by molar-refractivity contribution is 9.10. The summed E-state index contributed by atoms with van der Waals surface area (Å²) in [6, 6.07) is 23.6. The van der Waals surface area contributed by atoms with Crippen LogP contribution in [0, 0.1) is 5.82 Å². The number of halogens is 2. The third-order valence-corrected chi connectivity index (χ3v) is 8.35. The molecular weight excluding hydrogens is 563 g/mol. The lowest BCUT2D eigenvalue weighted by Crippen LogP contribution is -2.53. The van der Waals surface area contributed by atoms with Crippen LogP contribution in [0.4, 0.5) is 4.39 Å². The van der Waals surface area contributed by atoms with Crippen LogP contribution >= 0.6 is 27.7 Å². The van der Waals surface area contributed by atoms with E-state index in [1.807, 2.05) is 54.6 Å². The Morgan fingerprint density at radius 3 is 2.34 bits per heavy atom.